The maximum Gasteiger partial charge on any atom is 0.0782 e. The summed E-state index contributed by atoms with van der Waals surface area (Å²) in [5.74, 6) is 0.571. The van der Waals surface area contributed by atoms with Crippen LogP contribution in [0.5, 0.6) is 0 Å². The Hall–Kier alpha value is -0.650. The number of nitrogens with zero attached hydrogens (tertiary/aromatic N) is 2. The average Bonchev–Trinajstić information content (AvgIpc) is 2.97. The Morgan fingerprint density at radius 2 is 2.39 bits per heavy atom. The fourth-order valence-electron chi connectivity index (χ4n) is 2.48. The van der Waals surface area contributed by atoms with Crippen molar-refractivity contribution < 1.29 is 0 Å². The summed E-state index contributed by atoms with van der Waals surface area (Å²) in [5, 5.41) is 8.14. The van der Waals surface area contributed by atoms with Gasteiger partial charge in [-0.2, -0.15) is 5.10 Å². The summed E-state index contributed by atoms with van der Waals surface area (Å²) < 4.78 is 3.17. The van der Waals surface area contributed by atoms with Gasteiger partial charge in [-0.3, -0.25) is 4.68 Å². The highest BCUT2D eigenvalue weighted by atomic mass is 79.9. The largest absolute Gasteiger partial charge is 0.316 e. The van der Waals surface area contributed by atoms with Crippen LogP contribution < -0.4 is 5.32 Å². The molecule has 0 saturated carbocycles. The molecular formula is C13H16BrN3S. The van der Waals surface area contributed by atoms with Crippen LogP contribution in [0.2, 0.25) is 0 Å². The number of aryl methyl sites for hydroxylation is 1. The molecule has 1 unspecified atom stereocenters. The lowest BCUT2D eigenvalue weighted by atomic mass is 9.96. The topological polar surface area (TPSA) is 29.9 Å². The first-order valence-electron chi connectivity index (χ1n) is 6.24. The molecule has 1 fully saturated rings. The van der Waals surface area contributed by atoms with Gasteiger partial charge in [-0.05, 0) is 53.5 Å². The Bertz CT molecular complexity index is 540. The summed E-state index contributed by atoms with van der Waals surface area (Å²) in [6, 6.07) is 6.49. The van der Waals surface area contributed by atoms with Crippen LogP contribution in [0.4, 0.5) is 0 Å². The van der Waals surface area contributed by atoms with Crippen molar-refractivity contribution in [2.75, 3.05) is 13.1 Å². The molecule has 3 heterocycles. The molecule has 1 atom stereocenters. The Labute approximate surface area is 119 Å². The van der Waals surface area contributed by atoms with Crippen molar-refractivity contribution in [1.82, 2.24) is 15.1 Å². The summed E-state index contributed by atoms with van der Waals surface area (Å²) in [5.41, 5.74) is 2.44. The number of hydrogen-bond acceptors (Lipinski definition) is 3. The monoisotopic (exact) mass is 325 g/mol. The molecule has 0 spiro atoms. The van der Waals surface area contributed by atoms with Crippen molar-refractivity contribution in [2.45, 2.75) is 18.8 Å². The summed E-state index contributed by atoms with van der Waals surface area (Å²) in [6.45, 7) is 2.21. The Morgan fingerprint density at radius 3 is 3.06 bits per heavy atom. The molecule has 1 N–H and O–H groups in total. The minimum absolute atomic E-state index is 0.571. The molecule has 1 aliphatic heterocycles. The number of thiophene rings is 1. The lowest BCUT2D eigenvalue weighted by Gasteiger charge is -2.20. The second kappa shape index (κ2) is 5.15. The minimum Gasteiger partial charge on any atom is -0.316 e. The van der Waals surface area contributed by atoms with Gasteiger partial charge in [0.05, 0.1) is 20.1 Å². The third-order valence-corrected chi connectivity index (χ3v) is 5.09. The number of piperidine rings is 1. The van der Waals surface area contributed by atoms with Crippen LogP contribution in [-0.2, 0) is 7.05 Å². The van der Waals surface area contributed by atoms with Crippen LogP contribution in [-0.4, -0.2) is 22.9 Å². The highest BCUT2D eigenvalue weighted by Gasteiger charge is 2.19. The zero-order valence-electron chi connectivity index (χ0n) is 10.3. The number of nitrogens with one attached hydrogen (secondary N) is 1. The predicted octanol–water partition coefficient (Wildman–Crippen LogP) is 3.38. The van der Waals surface area contributed by atoms with Gasteiger partial charge in [-0.15, -0.1) is 11.3 Å². The second-order valence-electron chi connectivity index (χ2n) is 4.73. The van der Waals surface area contributed by atoms with E-state index in [9.17, 15) is 0 Å². The van der Waals surface area contributed by atoms with E-state index in [2.05, 4.69) is 44.5 Å². The number of hydrogen-bond donors (Lipinski definition) is 1. The van der Waals surface area contributed by atoms with Crippen LogP contribution in [0.25, 0.3) is 10.6 Å². The third-order valence-electron chi connectivity index (χ3n) is 3.44. The van der Waals surface area contributed by atoms with Crippen LogP contribution in [0.3, 0.4) is 0 Å². The summed E-state index contributed by atoms with van der Waals surface area (Å²) in [4.78, 5) is 1.27. The Balaban J connectivity index is 1.90. The highest BCUT2D eigenvalue weighted by Crippen LogP contribution is 2.33. The SMILES string of the molecule is Cn1nc(C2CCCNC2)cc1-c1ccc(Br)s1. The first-order valence-corrected chi connectivity index (χ1v) is 7.85. The maximum absolute atomic E-state index is 4.69. The predicted molar refractivity (Wildman–Crippen MR) is 79.1 cm³/mol. The van der Waals surface area contributed by atoms with E-state index in [1.165, 1.54) is 32.9 Å². The van der Waals surface area contributed by atoms with Crippen molar-refractivity contribution in [3.05, 3.63) is 27.7 Å². The molecule has 3 rings (SSSR count). The average molecular weight is 326 g/mol. The van der Waals surface area contributed by atoms with Crippen molar-refractivity contribution in [3.8, 4) is 10.6 Å². The lowest BCUT2D eigenvalue weighted by molar-refractivity contribution is 0.451. The van der Waals surface area contributed by atoms with Gasteiger partial charge in [0, 0.05) is 19.5 Å². The minimum atomic E-state index is 0.571. The van der Waals surface area contributed by atoms with Gasteiger partial charge in [-0.1, -0.05) is 0 Å². The Morgan fingerprint density at radius 1 is 1.50 bits per heavy atom. The molecule has 0 amide bonds. The molecular weight excluding hydrogens is 310 g/mol. The van der Waals surface area contributed by atoms with Gasteiger partial charge in [0.1, 0.15) is 0 Å². The van der Waals surface area contributed by atoms with Gasteiger partial charge in [-0.25, -0.2) is 0 Å². The molecule has 96 valence electrons. The van der Waals surface area contributed by atoms with Gasteiger partial charge in [0.2, 0.25) is 0 Å². The molecule has 2 aromatic heterocycles. The summed E-state index contributed by atoms with van der Waals surface area (Å²) >= 11 is 5.27. The molecule has 1 saturated heterocycles. The fraction of sp³-hybridized carbons (Fsp3) is 0.462. The smallest absolute Gasteiger partial charge is 0.0782 e. The number of aromatic nitrogens is 2. The second-order valence-corrected chi connectivity index (χ2v) is 7.19. The standard InChI is InChI=1S/C13H16BrN3S/c1-17-11(12-4-5-13(14)18-12)7-10(16-17)9-3-2-6-15-8-9/h4-5,7,9,15H,2-3,6,8H2,1H3. The molecule has 18 heavy (non-hydrogen) atoms. The van der Waals surface area contributed by atoms with Crippen LogP contribution >= 0.6 is 27.3 Å². The summed E-state index contributed by atoms with van der Waals surface area (Å²) in [6.07, 6.45) is 2.50. The van der Waals surface area contributed by atoms with Crippen LogP contribution in [0.15, 0.2) is 22.0 Å². The van der Waals surface area contributed by atoms with E-state index in [1.807, 2.05) is 11.7 Å². The van der Waals surface area contributed by atoms with Crippen LogP contribution in [0, 0.1) is 0 Å². The van der Waals surface area contributed by atoms with E-state index in [4.69, 9.17) is 0 Å². The van der Waals surface area contributed by atoms with E-state index in [1.54, 1.807) is 11.3 Å². The number of rotatable bonds is 2. The molecule has 0 radical (unpaired) electrons. The van der Waals surface area contributed by atoms with Gasteiger partial charge < -0.3 is 5.32 Å². The van der Waals surface area contributed by atoms with E-state index in [0.29, 0.717) is 5.92 Å². The maximum atomic E-state index is 4.69. The number of halogens is 1. The summed E-state index contributed by atoms with van der Waals surface area (Å²) in [7, 11) is 2.03. The molecule has 0 aliphatic carbocycles. The van der Waals surface area contributed by atoms with E-state index in [-0.39, 0.29) is 0 Å². The zero-order valence-corrected chi connectivity index (χ0v) is 12.7. The van der Waals surface area contributed by atoms with E-state index < -0.39 is 0 Å². The van der Waals surface area contributed by atoms with E-state index in [0.717, 1.165) is 13.1 Å². The molecule has 0 bridgehead atoms. The normalized spacial score (nSPS) is 20.2. The fourth-order valence-corrected chi connectivity index (χ4v) is 3.91. The van der Waals surface area contributed by atoms with Crippen molar-refractivity contribution in [1.29, 1.82) is 0 Å². The molecule has 2 aromatic rings. The first-order chi connectivity index (χ1) is 8.74. The van der Waals surface area contributed by atoms with Gasteiger partial charge in [0.25, 0.3) is 0 Å². The van der Waals surface area contributed by atoms with Crippen LogP contribution in [0.1, 0.15) is 24.5 Å². The van der Waals surface area contributed by atoms with Crippen molar-refractivity contribution in [3.63, 3.8) is 0 Å². The third kappa shape index (κ3) is 2.39. The molecule has 5 heteroatoms. The van der Waals surface area contributed by atoms with Crippen molar-refractivity contribution >= 4 is 27.3 Å². The van der Waals surface area contributed by atoms with E-state index >= 15 is 0 Å². The lowest BCUT2D eigenvalue weighted by Crippen LogP contribution is -2.28. The quantitative estimate of drug-likeness (QED) is 0.917. The van der Waals surface area contributed by atoms with Gasteiger partial charge >= 0.3 is 0 Å². The van der Waals surface area contributed by atoms with Gasteiger partial charge in [0.15, 0.2) is 0 Å². The molecule has 3 nitrogen and oxygen atoms in total. The highest BCUT2D eigenvalue weighted by molar-refractivity contribution is 9.11. The Kier molecular flexibility index (Phi) is 3.54. The first kappa shape index (κ1) is 12.4. The zero-order chi connectivity index (χ0) is 12.5. The molecule has 1 aliphatic rings. The van der Waals surface area contributed by atoms with Crippen molar-refractivity contribution in [2.24, 2.45) is 7.05 Å². The molecule has 0 aromatic carbocycles.